The van der Waals surface area contributed by atoms with Gasteiger partial charge in [0.1, 0.15) is 0 Å². The Morgan fingerprint density at radius 1 is 1.70 bits per heavy atom. The van der Waals surface area contributed by atoms with E-state index in [1.54, 1.807) is 0 Å². The molecule has 0 aliphatic carbocycles. The summed E-state index contributed by atoms with van der Waals surface area (Å²) < 4.78 is 0. The molecule has 1 rings (SSSR count). The summed E-state index contributed by atoms with van der Waals surface area (Å²) in [5.74, 6) is 1.10. The van der Waals surface area contributed by atoms with Crippen molar-refractivity contribution in [2.75, 3.05) is 19.6 Å². The van der Waals surface area contributed by atoms with Crippen LogP contribution >= 0.6 is 0 Å². The normalized spacial score (nSPS) is 18.9. The van der Waals surface area contributed by atoms with E-state index >= 15 is 0 Å². The highest BCUT2D eigenvalue weighted by Gasteiger charge is 2.09. The first-order chi connectivity index (χ1) is 4.84. The number of hydrogen-bond acceptors (Lipinski definition) is 2. The maximum absolute atomic E-state index is 3.93. The first-order valence-corrected chi connectivity index (χ1v) is 4.02. The third kappa shape index (κ3) is 1.66. The average molecular weight is 140 g/mol. The summed E-state index contributed by atoms with van der Waals surface area (Å²) in [6, 6.07) is 0. The molecule has 0 aromatic carbocycles. The van der Waals surface area contributed by atoms with Crippen LogP contribution in [0.25, 0.3) is 0 Å². The van der Waals surface area contributed by atoms with E-state index in [0.29, 0.717) is 0 Å². The third-order valence-electron chi connectivity index (χ3n) is 1.81. The maximum Gasteiger partial charge on any atom is 0.0938 e. The molecule has 2 nitrogen and oxygen atoms in total. The second-order valence-electron chi connectivity index (χ2n) is 2.71. The molecule has 1 heterocycles. The molecule has 0 saturated carbocycles. The van der Waals surface area contributed by atoms with Gasteiger partial charge >= 0.3 is 0 Å². The molecule has 1 N–H and O–H groups in total. The molecule has 2 heteroatoms. The number of nitrogens with one attached hydrogen (secondary N) is 1. The van der Waals surface area contributed by atoms with Gasteiger partial charge in [-0.1, -0.05) is 13.5 Å². The summed E-state index contributed by atoms with van der Waals surface area (Å²) in [5.41, 5.74) is 0. The highest BCUT2D eigenvalue weighted by atomic mass is 15.3. The molecular formula is C8H16N2. The Bertz CT molecular complexity index is 118. The van der Waals surface area contributed by atoms with Crippen molar-refractivity contribution >= 4 is 0 Å². The molecule has 0 atom stereocenters. The van der Waals surface area contributed by atoms with E-state index in [-0.39, 0.29) is 0 Å². The van der Waals surface area contributed by atoms with Gasteiger partial charge in [0.15, 0.2) is 0 Å². The van der Waals surface area contributed by atoms with E-state index in [4.69, 9.17) is 0 Å². The second kappa shape index (κ2) is 3.49. The van der Waals surface area contributed by atoms with Crippen molar-refractivity contribution in [1.29, 1.82) is 0 Å². The monoisotopic (exact) mass is 140 g/mol. The zero-order valence-corrected chi connectivity index (χ0v) is 6.69. The summed E-state index contributed by atoms with van der Waals surface area (Å²) in [4.78, 5) is 2.31. The third-order valence-corrected chi connectivity index (χ3v) is 1.81. The predicted octanol–water partition coefficient (Wildman–Crippen LogP) is 1.16. The highest BCUT2D eigenvalue weighted by molar-refractivity contribution is 4.93. The lowest BCUT2D eigenvalue weighted by atomic mass is 10.3. The summed E-state index contributed by atoms with van der Waals surface area (Å²) in [6.07, 6.45) is 2.46. The lowest BCUT2D eigenvalue weighted by Gasteiger charge is -2.31. The number of nitrogens with zero attached hydrogens (tertiary/aromatic N) is 1. The van der Waals surface area contributed by atoms with Gasteiger partial charge in [-0.05, 0) is 12.8 Å². The molecule has 0 aromatic heterocycles. The molecule has 0 aromatic rings. The molecule has 1 aliphatic rings. The summed E-state index contributed by atoms with van der Waals surface area (Å²) >= 11 is 0. The van der Waals surface area contributed by atoms with Crippen molar-refractivity contribution in [1.82, 2.24) is 10.2 Å². The zero-order chi connectivity index (χ0) is 7.40. The minimum absolute atomic E-state index is 1.10. The quantitative estimate of drug-likeness (QED) is 0.619. The minimum atomic E-state index is 1.10. The lowest BCUT2D eigenvalue weighted by Crippen LogP contribution is -2.38. The zero-order valence-electron chi connectivity index (χ0n) is 6.69. The van der Waals surface area contributed by atoms with Crippen LogP contribution in [0.4, 0.5) is 0 Å². The van der Waals surface area contributed by atoms with E-state index < -0.39 is 0 Å². The lowest BCUT2D eigenvalue weighted by molar-refractivity contribution is 0.283. The van der Waals surface area contributed by atoms with Gasteiger partial charge in [0.2, 0.25) is 0 Å². The topological polar surface area (TPSA) is 15.3 Å². The molecule has 58 valence electrons. The van der Waals surface area contributed by atoms with Crippen LogP contribution in [0.2, 0.25) is 0 Å². The summed E-state index contributed by atoms with van der Waals surface area (Å²) in [5, 5.41) is 3.25. The van der Waals surface area contributed by atoms with Crippen molar-refractivity contribution < 1.29 is 0 Å². The molecule has 0 radical (unpaired) electrons. The van der Waals surface area contributed by atoms with E-state index in [1.807, 2.05) is 0 Å². The SMILES string of the molecule is C=C1NCCCN1CCC. The average Bonchev–Trinajstić information content (AvgIpc) is 1.94. The van der Waals surface area contributed by atoms with Gasteiger partial charge in [-0.3, -0.25) is 0 Å². The van der Waals surface area contributed by atoms with E-state index in [2.05, 4.69) is 23.7 Å². The Labute approximate surface area is 62.9 Å². The largest absolute Gasteiger partial charge is 0.372 e. The fourth-order valence-corrected chi connectivity index (χ4v) is 1.27. The first-order valence-electron chi connectivity index (χ1n) is 4.02. The van der Waals surface area contributed by atoms with Crippen LogP contribution in [0.3, 0.4) is 0 Å². The summed E-state index contributed by atoms with van der Waals surface area (Å²) in [6.45, 7) is 9.55. The van der Waals surface area contributed by atoms with Crippen molar-refractivity contribution in [3.8, 4) is 0 Å². The van der Waals surface area contributed by atoms with Gasteiger partial charge < -0.3 is 10.2 Å². The number of rotatable bonds is 2. The van der Waals surface area contributed by atoms with Crippen LogP contribution < -0.4 is 5.32 Å². The maximum atomic E-state index is 3.93. The van der Waals surface area contributed by atoms with Crippen LogP contribution in [0.5, 0.6) is 0 Å². The van der Waals surface area contributed by atoms with Crippen LogP contribution in [0.15, 0.2) is 12.4 Å². The highest BCUT2D eigenvalue weighted by Crippen LogP contribution is 2.05. The first kappa shape index (κ1) is 7.45. The molecule has 0 amide bonds. The molecule has 0 unspecified atom stereocenters. The molecule has 0 bridgehead atoms. The standard InChI is InChI=1S/C8H16N2/c1-3-6-10-7-4-5-9-8(10)2/h9H,2-7H2,1H3. The Balaban J connectivity index is 2.32. The molecule has 1 aliphatic heterocycles. The van der Waals surface area contributed by atoms with Crippen LogP contribution in [0.1, 0.15) is 19.8 Å². The van der Waals surface area contributed by atoms with E-state index in [1.165, 1.54) is 19.4 Å². The number of hydrogen-bond donors (Lipinski definition) is 1. The van der Waals surface area contributed by atoms with Crippen LogP contribution in [0, 0.1) is 0 Å². The molecular weight excluding hydrogens is 124 g/mol. The minimum Gasteiger partial charge on any atom is -0.372 e. The van der Waals surface area contributed by atoms with Crippen molar-refractivity contribution in [3.63, 3.8) is 0 Å². The van der Waals surface area contributed by atoms with Gasteiger partial charge in [0, 0.05) is 19.6 Å². The predicted molar refractivity (Wildman–Crippen MR) is 43.6 cm³/mol. The van der Waals surface area contributed by atoms with Gasteiger partial charge in [-0.15, -0.1) is 0 Å². The van der Waals surface area contributed by atoms with Crippen LogP contribution in [-0.4, -0.2) is 24.5 Å². The van der Waals surface area contributed by atoms with Crippen molar-refractivity contribution in [3.05, 3.63) is 12.4 Å². The molecule has 1 saturated heterocycles. The van der Waals surface area contributed by atoms with Gasteiger partial charge in [0.05, 0.1) is 5.82 Å². The fourth-order valence-electron chi connectivity index (χ4n) is 1.27. The Morgan fingerprint density at radius 2 is 2.50 bits per heavy atom. The molecule has 10 heavy (non-hydrogen) atoms. The van der Waals surface area contributed by atoms with Gasteiger partial charge in [-0.25, -0.2) is 0 Å². The van der Waals surface area contributed by atoms with E-state index in [9.17, 15) is 0 Å². The van der Waals surface area contributed by atoms with Crippen molar-refractivity contribution in [2.24, 2.45) is 0 Å². The smallest absolute Gasteiger partial charge is 0.0938 e. The summed E-state index contributed by atoms with van der Waals surface area (Å²) in [7, 11) is 0. The van der Waals surface area contributed by atoms with Crippen molar-refractivity contribution in [2.45, 2.75) is 19.8 Å². The Kier molecular flexibility index (Phi) is 2.60. The Morgan fingerprint density at radius 3 is 3.10 bits per heavy atom. The molecule has 1 fully saturated rings. The van der Waals surface area contributed by atoms with E-state index in [0.717, 1.165) is 18.9 Å². The van der Waals surface area contributed by atoms with Crippen LogP contribution in [-0.2, 0) is 0 Å². The molecule has 0 spiro atoms. The van der Waals surface area contributed by atoms with Gasteiger partial charge in [-0.2, -0.15) is 0 Å². The fraction of sp³-hybridized carbons (Fsp3) is 0.750. The second-order valence-corrected chi connectivity index (χ2v) is 2.71. The Hall–Kier alpha value is -0.660. The van der Waals surface area contributed by atoms with Gasteiger partial charge in [0.25, 0.3) is 0 Å².